The number of nitriles is 1. The number of carbonyl (C=O) groups is 1. The number of rotatable bonds is 8. The minimum absolute atomic E-state index is 0.162. The van der Waals surface area contributed by atoms with Crippen LogP contribution in [0.3, 0.4) is 0 Å². The lowest BCUT2D eigenvalue weighted by Crippen LogP contribution is -2.15. The molecule has 1 atom stereocenters. The summed E-state index contributed by atoms with van der Waals surface area (Å²) in [5.74, 6) is 2.05. The van der Waals surface area contributed by atoms with Crippen molar-refractivity contribution in [2.75, 3.05) is 11.1 Å². The van der Waals surface area contributed by atoms with Crippen LogP contribution in [0.5, 0.6) is 5.75 Å². The summed E-state index contributed by atoms with van der Waals surface area (Å²) in [5, 5.41) is 23.1. The zero-order valence-electron chi connectivity index (χ0n) is 20.3. The topological polar surface area (TPSA) is 92.8 Å². The van der Waals surface area contributed by atoms with Crippen molar-refractivity contribution in [3.63, 3.8) is 0 Å². The van der Waals surface area contributed by atoms with E-state index in [4.69, 9.17) is 16.3 Å². The average molecular weight is 530 g/mol. The Morgan fingerprint density at radius 2 is 2.11 bits per heavy atom. The summed E-state index contributed by atoms with van der Waals surface area (Å²) in [6.07, 6.45) is 4.15. The van der Waals surface area contributed by atoms with Gasteiger partial charge in [-0.1, -0.05) is 36.7 Å². The van der Waals surface area contributed by atoms with Gasteiger partial charge in [-0.2, -0.15) is 5.26 Å². The maximum absolute atomic E-state index is 12.7. The van der Waals surface area contributed by atoms with Crippen LogP contribution in [0.15, 0.2) is 17.3 Å². The molecule has 7 nitrogen and oxygen atoms in total. The minimum atomic E-state index is -0.162. The lowest BCUT2D eigenvalue weighted by molar-refractivity contribution is -0.113. The maximum Gasteiger partial charge on any atom is 0.235 e. The molecule has 184 valence electrons. The van der Waals surface area contributed by atoms with Crippen molar-refractivity contribution in [3.05, 3.63) is 50.1 Å². The molecule has 0 radical (unpaired) electrons. The molecule has 0 saturated carbocycles. The number of ether oxygens (including phenoxy) is 1. The van der Waals surface area contributed by atoms with E-state index >= 15 is 0 Å². The van der Waals surface area contributed by atoms with E-state index in [0.717, 1.165) is 53.1 Å². The van der Waals surface area contributed by atoms with Crippen molar-refractivity contribution in [1.82, 2.24) is 14.8 Å². The van der Waals surface area contributed by atoms with E-state index in [2.05, 4.69) is 28.5 Å². The molecule has 1 N–H and O–H groups in total. The zero-order valence-corrected chi connectivity index (χ0v) is 22.7. The number of thioether (sulfide) groups is 1. The number of halogens is 1. The van der Waals surface area contributed by atoms with Crippen molar-refractivity contribution in [2.45, 2.75) is 58.2 Å². The molecule has 4 rings (SSSR count). The van der Waals surface area contributed by atoms with Gasteiger partial charge < -0.3 is 14.6 Å². The second-order valence-electron chi connectivity index (χ2n) is 8.79. The van der Waals surface area contributed by atoms with E-state index < -0.39 is 0 Å². The summed E-state index contributed by atoms with van der Waals surface area (Å²) in [7, 11) is 1.85. The van der Waals surface area contributed by atoms with Crippen LogP contribution in [0.25, 0.3) is 0 Å². The fourth-order valence-electron chi connectivity index (χ4n) is 4.24. The van der Waals surface area contributed by atoms with Crippen LogP contribution in [0.2, 0.25) is 5.02 Å². The molecular formula is C25H28ClN5O2S2. The summed E-state index contributed by atoms with van der Waals surface area (Å²) in [4.78, 5) is 13.9. The van der Waals surface area contributed by atoms with Gasteiger partial charge in [0, 0.05) is 16.9 Å². The highest BCUT2D eigenvalue weighted by molar-refractivity contribution is 7.99. The first-order valence-electron chi connectivity index (χ1n) is 11.6. The third-order valence-corrected chi connectivity index (χ3v) is 9.13. The molecule has 35 heavy (non-hydrogen) atoms. The van der Waals surface area contributed by atoms with Crippen LogP contribution in [0.1, 0.15) is 52.7 Å². The molecule has 1 aliphatic carbocycles. The largest absolute Gasteiger partial charge is 0.486 e. The Morgan fingerprint density at radius 3 is 2.80 bits per heavy atom. The first kappa shape index (κ1) is 25.5. The number of nitrogens with one attached hydrogen (secondary N) is 1. The fourth-order valence-corrected chi connectivity index (χ4v) is 6.40. The third kappa shape index (κ3) is 5.66. The van der Waals surface area contributed by atoms with Crippen LogP contribution < -0.4 is 10.1 Å². The van der Waals surface area contributed by atoms with Gasteiger partial charge in [0.15, 0.2) is 11.0 Å². The molecular weight excluding hydrogens is 502 g/mol. The predicted octanol–water partition coefficient (Wildman–Crippen LogP) is 5.84. The van der Waals surface area contributed by atoms with Gasteiger partial charge in [0.1, 0.15) is 23.4 Å². The predicted molar refractivity (Wildman–Crippen MR) is 140 cm³/mol. The second kappa shape index (κ2) is 11.0. The lowest BCUT2D eigenvalue weighted by Gasteiger charge is -2.20. The van der Waals surface area contributed by atoms with E-state index in [1.165, 1.54) is 16.6 Å². The van der Waals surface area contributed by atoms with E-state index in [0.29, 0.717) is 27.5 Å². The van der Waals surface area contributed by atoms with Gasteiger partial charge in [-0.15, -0.1) is 21.5 Å². The summed E-state index contributed by atoms with van der Waals surface area (Å²) in [6.45, 7) is 6.34. The number of thiophene rings is 1. The molecule has 0 saturated heterocycles. The highest BCUT2D eigenvalue weighted by Gasteiger charge is 2.26. The van der Waals surface area contributed by atoms with Crippen molar-refractivity contribution in [1.29, 1.82) is 5.26 Å². The average Bonchev–Trinajstić information content (AvgIpc) is 3.37. The number of nitrogens with zero attached hydrogens (tertiary/aromatic N) is 4. The van der Waals surface area contributed by atoms with Gasteiger partial charge in [-0.3, -0.25) is 4.79 Å². The molecule has 0 fully saturated rings. The molecule has 1 aliphatic rings. The standard InChI is InChI=1S/C25H28ClN5O2S2/c1-5-16-6-7-18-19(11-27)24(35-20(18)10-16)28-22(32)13-34-25-30-29-21(31(25)4)12-33-17-8-14(2)23(26)15(3)9-17/h8-9,16H,5-7,10,12-13H2,1-4H3,(H,28,32). The first-order valence-corrected chi connectivity index (χ1v) is 13.7. The molecule has 2 heterocycles. The van der Waals surface area contributed by atoms with Crippen LogP contribution >= 0.6 is 34.7 Å². The van der Waals surface area contributed by atoms with Gasteiger partial charge >= 0.3 is 0 Å². The quantitative estimate of drug-likeness (QED) is 0.368. The van der Waals surface area contributed by atoms with Crippen LogP contribution in [0, 0.1) is 31.1 Å². The maximum atomic E-state index is 12.7. The SMILES string of the molecule is CCC1CCc2c(sc(NC(=O)CSc3nnc(COc4cc(C)c(Cl)c(C)c4)n3C)c2C#N)C1. The Morgan fingerprint density at radius 1 is 1.37 bits per heavy atom. The minimum Gasteiger partial charge on any atom is -0.486 e. The fraction of sp³-hybridized carbons (Fsp3) is 0.440. The number of hydrogen-bond donors (Lipinski definition) is 1. The summed E-state index contributed by atoms with van der Waals surface area (Å²) in [6, 6.07) is 6.10. The van der Waals surface area contributed by atoms with E-state index in [-0.39, 0.29) is 18.3 Å². The van der Waals surface area contributed by atoms with Crippen LogP contribution in [0.4, 0.5) is 5.00 Å². The molecule has 0 bridgehead atoms. The van der Waals surface area contributed by atoms with Crippen molar-refractivity contribution in [3.8, 4) is 11.8 Å². The smallest absolute Gasteiger partial charge is 0.235 e. The van der Waals surface area contributed by atoms with Crippen LogP contribution in [-0.4, -0.2) is 26.4 Å². The van der Waals surface area contributed by atoms with Gasteiger partial charge in [-0.05, 0) is 67.9 Å². The highest BCUT2D eigenvalue weighted by atomic mass is 35.5. The van der Waals surface area contributed by atoms with Crippen molar-refractivity contribution in [2.24, 2.45) is 13.0 Å². The Balaban J connectivity index is 1.35. The number of anilines is 1. The first-order chi connectivity index (χ1) is 16.8. The van der Waals surface area contributed by atoms with Gasteiger partial charge in [-0.25, -0.2) is 0 Å². The van der Waals surface area contributed by atoms with Crippen molar-refractivity contribution < 1.29 is 9.53 Å². The summed E-state index contributed by atoms with van der Waals surface area (Å²) in [5.41, 5.74) is 3.66. The lowest BCUT2D eigenvalue weighted by atomic mass is 9.86. The van der Waals surface area contributed by atoms with Gasteiger partial charge in [0.05, 0.1) is 11.3 Å². The van der Waals surface area contributed by atoms with Gasteiger partial charge in [0.2, 0.25) is 5.91 Å². The number of aromatic nitrogens is 3. The molecule has 0 spiro atoms. The number of aryl methyl sites for hydroxylation is 2. The zero-order chi connectivity index (χ0) is 25.1. The molecule has 1 aromatic carbocycles. The number of benzene rings is 1. The molecule has 3 aromatic rings. The Labute approximate surface area is 218 Å². The van der Waals surface area contributed by atoms with E-state index in [1.54, 1.807) is 11.3 Å². The molecule has 1 amide bonds. The number of carbonyl (C=O) groups excluding carboxylic acids is 1. The van der Waals surface area contributed by atoms with Gasteiger partial charge in [0.25, 0.3) is 0 Å². The van der Waals surface area contributed by atoms with Crippen molar-refractivity contribution >= 4 is 45.6 Å². The van der Waals surface area contributed by atoms with E-state index in [9.17, 15) is 10.1 Å². The normalized spacial score (nSPS) is 14.9. The summed E-state index contributed by atoms with van der Waals surface area (Å²) >= 11 is 9.08. The Kier molecular flexibility index (Phi) is 8.05. The summed E-state index contributed by atoms with van der Waals surface area (Å²) < 4.78 is 7.71. The second-order valence-corrected chi connectivity index (χ2v) is 11.2. The number of amides is 1. The Bertz CT molecular complexity index is 1270. The number of hydrogen-bond acceptors (Lipinski definition) is 7. The third-order valence-electron chi connectivity index (χ3n) is 6.34. The highest BCUT2D eigenvalue weighted by Crippen LogP contribution is 2.40. The Hall–Kier alpha value is -2.54. The molecule has 2 aromatic heterocycles. The molecule has 10 heteroatoms. The number of fused-ring (bicyclic) bond motifs is 1. The monoisotopic (exact) mass is 529 g/mol. The molecule has 1 unspecified atom stereocenters. The van der Waals surface area contributed by atoms with E-state index in [1.807, 2.05) is 37.6 Å². The molecule has 0 aliphatic heterocycles. The van der Waals surface area contributed by atoms with Crippen LogP contribution in [-0.2, 0) is 31.3 Å².